The third-order valence-corrected chi connectivity index (χ3v) is 4.72. The maximum Gasteiger partial charge on any atom is 0.343 e. The lowest BCUT2D eigenvalue weighted by Gasteiger charge is -2.27. The lowest BCUT2D eigenvalue weighted by atomic mass is 9.82. The third kappa shape index (κ3) is 3.59. The normalized spacial score (nSPS) is 20.7. The Bertz CT molecular complexity index is 676. The Morgan fingerprint density at radius 2 is 1.83 bits per heavy atom. The van der Waals surface area contributed by atoms with E-state index < -0.39 is 5.97 Å². The van der Waals surface area contributed by atoms with Gasteiger partial charge < -0.3 is 20.1 Å². The number of carboxylic acid groups (broad SMARTS) is 1. The zero-order valence-electron chi connectivity index (χ0n) is 13.4. The zero-order valence-corrected chi connectivity index (χ0v) is 13.4. The van der Waals surface area contributed by atoms with Gasteiger partial charge in [0.15, 0.2) is 17.1 Å². The lowest BCUT2D eigenvalue weighted by Crippen LogP contribution is -2.23. The molecule has 128 valence electrons. The molecule has 0 bridgehead atoms. The predicted molar refractivity (Wildman–Crippen MR) is 89.9 cm³/mol. The molecule has 0 aliphatic heterocycles. The summed E-state index contributed by atoms with van der Waals surface area (Å²) in [6, 6.07) is 9.12. The van der Waals surface area contributed by atoms with Gasteiger partial charge in [-0.3, -0.25) is 0 Å². The second-order valence-electron chi connectivity index (χ2n) is 6.36. The quantitative estimate of drug-likeness (QED) is 0.752. The average molecular weight is 330 g/mol. The topological polar surface area (TPSA) is 95.6 Å². The first-order valence-electron chi connectivity index (χ1n) is 8.32. The molecule has 6 heteroatoms. The number of aromatic nitrogens is 1. The molecule has 0 spiro atoms. The molecule has 1 aromatic carbocycles. The average Bonchev–Trinajstić information content (AvgIpc) is 3.05. The highest BCUT2D eigenvalue weighted by Gasteiger charge is 2.25. The molecule has 0 saturated heterocycles. The fourth-order valence-corrected chi connectivity index (χ4v) is 3.25. The molecule has 0 radical (unpaired) electrons. The minimum Gasteiger partial charge on any atom is -0.477 e. The molecule has 1 fully saturated rings. The van der Waals surface area contributed by atoms with Crippen LogP contribution in [-0.2, 0) is 0 Å². The number of aliphatic hydroxyl groups excluding tert-OH is 1. The minimum absolute atomic E-state index is 0.0743. The Balaban J connectivity index is 1.70. The molecular weight excluding hydrogens is 308 g/mol. The third-order valence-electron chi connectivity index (χ3n) is 4.72. The summed E-state index contributed by atoms with van der Waals surface area (Å²) >= 11 is 0. The van der Waals surface area contributed by atoms with Crippen molar-refractivity contribution in [2.45, 2.75) is 25.7 Å². The van der Waals surface area contributed by atoms with E-state index in [2.05, 4.69) is 10.5 Å². The molecule has 1 aliphatic carbocycles. The molecule has 1 aromatic heterocycles. The number of aromatic carboxylic acids is 1. The predicted octanol–water partition coefficient (Wildman–Crippen LogP) is 3.25. The van der Waals surface area contributed by atoms with Crippen LogP contribution in [-0.4, -0.2) is 34.5 Å². The highest BCUT2D eigenvalue weighted by atomic mass is 16.5. The maximum atomic E-state index is 11.6. The van der Waals surface area contributed by atoms with E-state index in [1.807, 2.05) is 18.2 Å². The highest BCUT2D eigenvalue weighted by Crippen LogP contribution is 2.31. The van der Waals surface area contributed by atoms with Crippen LogP contribution in [0.4, 0.5) is 5.82 Å². The summed E-state index contributed by atoms with van der Waals surface area (Å²) in [5.74, 6) is 0.376. The Hall–Kier alpha value is -2.34. The summed E-state index contributed by atoms with van der Waals surface area (Å²) in [4.78, 5) is 11.6. The van der Waals surface area contributed by atoms with Gasteiger partial charge in [-0.2, -0.15) is 0 Å². The number of hydrogen-bond acceptors (Lipinski definition) is 5. The molecular formula is C18H22N2O4. The van der Waals surface area contributed by atoms with Crippen molar-refractivity contribution in [2.75, 3.05) is 18.5 Å². The Kier molecular flexibility index (Phi) is 5.15. The number of benzene rings is 1. The van der Waals surface area contributed by atoms with Crippen molar-refractivity contribution >= 4 is 11.8 Å². The summed E-state index contributed by atoms with van der Waals surface area (Å²) in [6.07, 6.45) is 4.10. The van der Waals surface area contributed by atoms with E-state index in [9.17, 15) is 15.0 Å². The van der Waals surface area contributed by atoms with Crippen LogP contribution in [0.25, 0.3) is 11.3 Å². The number of rotatable bonds is 6. The van der Waals surface area contributed by atoms with E-state index in [0.717, 1.165) is 25.7 Å². The van der Waals surface area contributed by atoms with Gasteiger partial charge in [0.05, 0.1) is 0 Å². The Labute approximate surface area is 140 Å². The van der Waals surface area contributed by atoms with Crippen LogP contribution in [0, 0.1) is 11.8 Å². The van der Waals surface area contributed by atoms with Gasteiger partial charge in [-0.05, 0) is 37.5 Å². The van der Waals surface area contributed by atoms with Crippen LogP contribution in [0.5, 0.6) is 0 Å². The zero-order chi connectivity index (χ0) is 16.9. The number of hydrogen-bond donors (Lipinski definition) is 3. The molecule has 0 amide bonds. The van der Waals surface area contributed by atoms with Crippen molar-refractivity contribution in [1.82, 2.24) is 5.16 Å². The van der Waals surface area contributed by atoms with E-state index >= 15 is 0 Å². The first kappa shape index (κ1) is 16.5. The SMILES string of the molecule is O=C(O)c1c(NCC2CCC(CO)CC2)noc1-c1ccccc1. The van der Waals surface area contributed by atoms with Crippen molar-refractivity contribution < 1.29 is 19.5 Å². The second kappa shape index (κ2) is 7.49. The fraction of sp³-hybridized carbons (Fsp3) is 0.444. The van der Waals surface area contributed by atoms with Crippen molar-refractivity contribution in [3.8, 4) is 11.3 Å². The Morgan fingerprint density at radius 1 is 1.17 bits per heavy atom. The maximum absolute atomic E-state index is 11.6. The van der Waals surface area contributed by atoms with Gasteiger partial charge in [-0.15, -0.1) is 0 Å². The monoisotopic (exact) mass is 330 g/mol. The van der Waals surface area contributed by atoms with Crippen molar-refractivity contribution in [2.24, 2.45) is 11.8 Å². The van der Waals surface area contributed by atoms with Crippen molar-refractivity contribution in [3.63, 3.8) is 0 Å². The van der Waals surface area contributed by atoms with Crippen LogP contribution in [0.15, 0.2) is 34.9 Å². The number of aliphatic hydroxyl groups is 1. The van der Waals surface area contributed by atoms with Gasteiger partial charge in [0.1, 0.15) is 0 Å². The highest BCUT2D eigenvalue weighted by molar-refractivity contribution is 5.99. The molecule has 1 saturated carbocycles. The number of anilines is 1. The molecule has 3 rings (SSSR count). The van der Waals surface area contributed by atoms with Gasteiger partial charge >= 0.3 is 5.97 Å². The smallest absolute Gasteiger partial charge is 0.343 e. The summed E-state index contributed by atoms with van der Waals surface area (Å²) in [7, 11) is 0. The van der Waals surface area contributed by atoms with E-state index in [0.29, 0.717) is 23.9 Å². The largest absolute Gasteiger partial charge is 0.477 e. The van der Waals surface area contributed by atoms with Crippen molar-refractivity contribution in [3.05, 3.63) is 35.9 Å². The summed E-state index contributed by atoms with van der Waals surface area (Å²) < 4.78 is 5.29. The fourth-order valence-electron chi connectivity index (χ4n) is 3.25. The number of nitrogens with zero attached hydrogens (tertiary/aromatic N) is 1. The van der Waals surface area contributed by atoms with E-state index in [1.54, 1.807) is 12.1 Å². The van der Waals surface area contributed by atoms with Gasteiger partial charge in [-0.25, -0.2) is 4.79 Å². The molecule has 1 heterocycles. The van der Waals surface area contributed by atoms with Gasteiger partial charge in [0.25, 0.3) is 0 Å². The minimum atomic E-state index is -1.05. The van der Waals surface area contributed by atoms with Crippen LogP contribution in [0.2, 0.25) is 0 Å². The van der Waals surface area contributed by atoms with Crippen molar-refractivity contribution in [1.29, 1.82) is 0 Å². The lowest BCUT2D eigenvalue weighted by molar-refractivity contribution is 0.0698. The molecule has 3 N–H and O–H groups in total. The van der Waals surface area contributed by atoms with Crippen LogP contribution < -0.4 is 5.32 Å². The number of carboxylic acids is 1. The number of nitrogens with one attached hydrogen (secondary N) is 1. The molecule has 2 aromatic rings. The first-order valence-corrected chi connectivity index (χ1v) is 8.32. The van der Waals surface area contributed by atoms with Gasteiger partial charge in [0, 0.05) is 18.7 Å². The summed E-state index contributed by atoms with van der Waals surface area (Å²) in [5, 5.41) is 25.8. The van der Waals surface area contributed by atoms with E-state index in [-0.39, 0.29) is 23.7 Å². The van der Waals surface area contributed by atoms with Gasteiger partial charge in [0.2, 0.25) is 0 Å². The van der Waals surface area contributed by atoms with Gasteiger partial charge in [-0.1, -0.05) is 35.5 Å². The standard InChI is InChI=1S/C18H22N2O4/c21-11-13-8-6-12(7-9-13)10-19-17-15(18(22)23)16(24-20-17)14-4-2-1-3-5-14/h1-5,12-13,21H,6-11H2,(H,19,20)(H,22,23). The molecule has 24 heavy (non-hydrogen) atoms. The van der Waals surface area contributed by atoms with Crippen LogP contribution in [0.3, 0.4) is 0 Å². The summed E-state index contributed by atoms with van der Waals surface area (Å²) in [6.45, 7) is 0.923. The van der Waals surface area contributed by atoms with Crippen LogP contribution in [0.1, 0.15) is 36.0 Å². The molecule has 0 atom stereocenters. The first-order chi connectivity index (χ1) is 11.7. The number of carbonyl (C=O) groups is 1. The summed E-state index contributed by atoms with van der Waals surface area (Å²) in [5.41, 5.74) is 0.768. The molecule has 0 unspecified atom stereocenters. The van der Waals surface area contributed by atoms with E-state index in [1.165, 1.54) is 0 Å². The van der Waals surface area contributed by atoms with Crippen LogP contribution >= 0.6 is 0 Å². The second-order valence-corrected chi connectivity index (χ2v) is 6.36. The molecule has 1 aliphatic rings. The Morgan fingerprint density at radius 3 is 2.46 bits per heavy atom. The van der Waals surface area contributed by atoms with E-state index in [4.69, 9.17) is 4.52 Å². The molecule has 6 nitrogen and oxygen atoms in total.